The highest BCUT2D eigenvalue weighted by molar-refractivity contribution is 5.98. The minimum atomic E-state index is -0.394. The average molecular weight is 196 g/mol. The Balaban J connectivity index is 2.70. The van der Waals surface area contributed by atoms with Crippen molar-refractivity contribution < 1.29 is 14.3 Å². The summed E-state index contributed by atoms with van der Waals surface area (Å²) in [6.07, 6.45) is 2.19. The van der Waals surface area contributed by atoms with Crippen molar-refractivity contribution in [1.82, 2.24) is 0 Å². The second-order valence-corrected chi connectivity index (χ2v) is 3.89. The van der Waals surface area contributed by atoms with Crippen LogP contribution in [0.1, 0.15) is 26.7 Å². The van der Waals surface area contributed by atoms with Gasteiger partial charge >= 0.3 is 5.97 Å². The largest absolute Gasteiger partial charge is 0.461 e. The minimum absolute atomic E-state index is 0.0119. The van der Waals surface area contributed by atoms with E-state index in [9.17, 15) is 9.59 Å². The number of cyclic esters (lactones) is 1. The highest BCUT2D eigenvalue weighted by Crippen LogP contribution is 2.26. The van der Waals surface area contributed by atoms with Crippen LogP contribution in [0.25, 0.3) is 0 Å². The average Bonchev–Trinajstić information content (AvgIpc) is 2.11. The van der Waals surface area contributed by atoms with Gasteiger partial charge in [0.1, 0.15) is 12.5 Å². The molecule has 0 radical (unpaired) electrons. The van der Waals surface area contributed by atoms with Crippen LogP contribution >= 0.6 is 0 Å². The molecule has 1 saturated heterocycles. The number of ketones is 1. The Labute approximate surface area is 84.1 Å². The van der Waals surface area contributed by atoms with E-state index in [1.54, 1.807) is 6.08 Å². The van der Waals surface area contributed by atoms with Crippen molar-refractivity contribution in [3.8, 4) is 0 Å². The molecule has 1 heterocycles. The predicted molar refractivity (Wildman–Crippen MR) is 52.6 cm³/mol. The third-order valence-corrected chi connectivity index (χ3v) is 2.69. The Kier molecular flexibility index (Phi) is 3.44. The molecule has 0 bridgehead atoms. The normalized spacial score (nSPS) is 29.6. The fourth-order valence-corrected chi connectivity index (χ4v) is 1.79. The molecule has 0 aromatic carbocycles. The lowest BCUT2D eigenvalue weighted by Crippen LogP contribution is -2.41. The molecule has 0 amide bonds. The maximum atomic E-state index is 11.4. The first-order valence-electron chi connectivity index (χ1n) is 4.89. The monoisotopic (exact) mass is 196 g/mol. The minimum Gasteiger partial charge on any atom is -0.461 e. The van der Waals surface area contributed by atoms with E-state index in [0.29, 0.717) is 0 Å². The van der Waals surface area contributed by atoms with Gasteiger partial charge in [0.25, 0.3) is 0 Å². The molecule has 3 atom stereocenters. The summed E-state index contributed by atoms with van der Waals surface area (Å²) < 4.78 is 5.18. The van der Waals surface area contributed by atoms with Gasteiger partial charge in [-0.3, -0.25) is 9.59 Å². The molecule has 3 heteroatoms. The Morgan fingerprint density at radius 3 is 2.86 bits per heavy atom. The van der Waals surface area contributed by atoms with Crippen LogP contribution in [0.5, 0.6) is 0 Å². The van der Waals surface area contributed by atoms with Crippen LogP contribution in [0.4, 0.5) is 0 Å². The Morgan fingerprint density at radius 1 is 1.64 bits per heavy atom. The van der Waals surface area contributed by atoms with Crippen LogP contribution in [0.15, 0.2) is 12.7 Å². The summed E-state index contributed by atoms with van der Waals surface area (Å²) in [6.45, 7) is 7.42. The summed E-state index contributed by atoms with van der Waals surface area (Å²) in [5, 5.41) is 0. The number of hydrogen-bond donors (Lipinski definition) is 0. The van der Waals surface area contributed by atoms with Crippen LogP contribution in [0.3, 0.4) is 0 Å². The standard InChI is InChI=1S/C11H16O3/c1-4-5-7(2)11-8(3)9(12)6-10(13)14-11/h4,7-8,11H,1,5-6H2,2-3H3/t7?,8?,11-/m0/s1. The molecule has 3 nitrogen and oxygen atoms in total. The molecule has 0 aromatic rings. The molecule has 0 N–H and O–H groups in total. The molecule has 78 valence electrons. The topological polar surface area (TPSA) is 43.4 Å². The van der Waals surface area contributed by atoms with Crippen molar-refractivity contribution in [2.24, 2.45) is 11.8 Å². The van der Waals surface area contributed by atoms with E-state index in [2.05, 4.69) is 6.58 Å². The van der Waals surface area contributed by atoms with Gasteiger partial charge in [-0.15, -0.1) is 6.58 Å². The number of esters is 1. The third-order valence-electron chi connectivity index (χ3n) is 2.69. The number of Topliss-reactive ketones (excluding diaryl/α,β-unsaturated/α-hetero) is 1. The molecule has 1 aliphatic heterocycles. The van der Waals surface area contributed by atoms with Gasteiger partial charge in [-0.25, -0.2) is 0 Å². The molecule has 1 aliphatic rings. The van der Waals surface area contributed by atoms with Crippen molar-refractivity contribution in [2.45, 2.75) is 32.8 Å². The second kappa shape index (κ2) is 4.40. The fourth-order valence-electron chi connectivity index (χ4n) is 1.79. The van der Waals surface area contributed by atoms with E-state index < -0.39 is 5.97 Å². The van der Waals surface area contributed by atoms with E-state index in [-0.39, 0.29) is 30.1 Å². The smallest absolute Gasteiger partial charge is 0.313 e. The zero-order valence-corrected chi connectivity index (χ0v) is 8.66. The number of hydrogen-bond acceptors (Lipinski definition) is 3. The van der Waals surface area contributed by atoms with Crippen LogP contribution in [0, 0.1) is 11.8 Å². The number of rotatable bonds is 3. The van der Waals surface area contributed by atoms with E-state index in [1.165, 1.54) is 0 Å². The van der Waals surface area contributed by atoms with Gasteiger partial charge in [0.05, 0.1) is 5.92 Å². The number of ether oxygens (including phenoxy) is 1. The molecule has 1 rings (SSSR count). The SMILES string of the molecule is C=CCC(C)[C@@H]1OC(=O)CC(=O)C1C. The second-order valence-electron chi connectivity index (χ2n) is 3.89. The zero-order chi connectivity index (χ0) is 10.7. The molecular formula is C11H16O3. The van der Waals surface area contributed by atoms with Gasteiger partial charge < -0.3 is 4.74 Å². The van der Waals surface area contributed by atoms with Gasteiger partial charge in [-0.2, -0.15) is 0 Å². The number of carbonyl (C=O) groups excluding carboxylic acids is 2. The zero-order valence-electron chi connectivity index (χ0n) is 8.66. The van der Waals surface area contributed by atoms with Gasteiger partial charge in [0.2, 0.25) is 0 Å². The van der Waals surface area contributed by atoms with Crippen molar-refractivity contribution in [2.75, 3.05) is 0 Å². The molecule has 1 fully saturated rings. The van der Waals surface area contributed by atoms with Gasteiger partial charge in [0.15, 0.2) is 5.78 Å². The van der Waals surface area contributed by atoms with Crippen molar-refractivity contribution in [1.29, 1.82) is 0 Å². The van der Waals surface area contributed by atoms with Gasteiger partial charge in [0, 0.05) is 0 Å². The van der Waals surface area contributed by atoms with E-state index >= 15 is 0 Å². The summed E-state index contributed by atoms with van der Waals surface area (Å²) >= 11 is 0. The molecule has 0 spiro atoms. The maximum Gasteiger partial charge on any atom is 0.313 e. The lowest BCUT2D eigenvalue weighted by Gasteiger charge is -2.31. The van der Waals surface area contributed by atoms with E-state index in [1.807, 2.05) is 13.8 Å². The molecule has 14 heavy (non-hydrogen) atoms. The van der Waals surface area contributed by atoms with E-state index in [0.717, 1.165) is 6.42 Å². The van der Waals surface area contributed by atoms with Gasteiger partial charge in [-0.1, -0.05) is 19.9 Å². The molecule has 0 saturated carbocycles. The summed E-state index contributed by atoms with van der Waals surface area (Å²) in [7, 11) is 0. The highest BCUT2D eigenvalue weighted by atomic mass is 16.5. The highest BCUT2D eigenvalue weighted by Gasteiger charge is 2.36. The van der Waals surface area contributed by atoms with Crippen LogP contribution in [0.2, 0.25) is 0 Å². The summed E-state index contributed by atoms with van der Waals surface area (Å²) in [4.78, 5) is 22.5. The van der Waals surface area contributed by atoms with Crippen molar-refractivity contribution in [3.63, 3.8) is 0 Å². The van der Waals surface area contributed by atoms with Crippen LogP contribution in [-0.2, 0) is 14.3 Å². The number of allylic oxidation sites excluding steroid dienone is 1. The molecule has 0 aromatic heterocycles. The Bertz CT molecular complexity index is 257. The Hall–Kier alpha value is -1.12. The fraction of sp³-hybridized carbons (Fsp3) is 0.636. The number of carbonyl (C=O) groups is 2. The molecular weight excluding hydrogens is 180 g/mol. The lowest BCUT2D eigenvalue weighted by atomic mass is 9.85. The summed E-state index contributed by atoms with van der Waals surface area (Å²) in [5.41, 5.74) is 0. The molecule has 2 unspecified atom stereocenters. The van der Waals surface area contributed by atoms with Gasteiger partial charge in [-0.05, 0) is 12.3 Å². The maximum absolute atomic E-state index is 11.4. The summed E-state index contributed by atoms with van der Waals surface area (Å²) in [6, 6.07) is 0. The molecule has 0 aliphatic carbocycles. The lowest BCUT2D eigenvalue weighted by molar-refractivity contribution is -0.165. The summed E-state index contributed by atoms with van der Waals surface area (Å²) in [5.74, 6) is -0.422. The quantitative estimate of drug-likeness (QED) is 0.392. The van der Waals surface area contributed by atoms with Crippen LogP contribution in [-0.4, -0.2) is 17.9 Å². The predicted octanol–water partition coefficient (Wildman–Crippen LogP) is 1.72. The Morgan fingerprint density at radius 2 is 2.29 bits per heavy atom. The first-order valence-corrected chi connectivity index (χ1v) is 4.89. The van der Waals surface area contributed by atoms with Crippen molar-refractivity contribution >= 4 is 11.8 Å². The third kappa shape index (κ3) is 2.22. The van der Waals surface area contributed by atoms with E-state index in [4.69, 9.17) is 4.74 Å². The first kappa shape index (κ1) is 11.0. The van der Waals surface area contributed by atoms with Crippen molar-refractivity contribution in [3.05, 3.63) is 12.7 Å². The first-order chi connectivity index (χ1) is 6.56. The van der Waals surface area contributed by atoms with Crippen LogP contribution < -0.4 is 0 Å².